The van der Waals surface area contributed by atoms with Crippen LogP contribution < -0.4 is 10.2 Å². The van der Waals surface area contributed by atoms with Crippen LogP contribution >= 0.6 is 11.6 Å². The third kappa shape index (κ3) is 3.95. The molecule has 0 spiro atoms. The van der Waals surface area contributed by atoms with Crippen LogP contribution in [0.1, 0.15) is 38.1 Å². The molecule has 6 heteroatoms. The standard InChI is InChI=1S/C20H22BClO4/c1-19(2)20(3,4)26-21(25-19)15-7-11-17(12-8-15)24-13-18(23)14-5-9-16(22)10-6-14/h5-12H,13H2,1-4H3. The van der Waals surface area contributed by atoms with Crippen molar-refractivity contribution in [2.45, 2.75) is 38.9 Å². The third-order valence-corrected chi connectivity index (χ3v) is 5.19. The molecule has 1 fully saturated rings. The van der Waals surface area contributed by atoms with Gasteiger partial charge in [0, 0.05) is 10.6 Å². The summed E-state index contributed by atoms with van der Waals surface area (Å²) in [6.45, 7) is 8.05. The summed E-state index contributed by atoms with van der Waals surface area (Å²) in [5.41, 5.74) is 0.735. The van der Waals surface area contributed by atoms with Crippen LogP contribution in [0.15, 0.2) is 48.5 Å². The van der Waals surface area contributed by atoms with E-state index in [1.165, 1.54) is 0 Å². The van der Waals surface area contributed by atoms with Crippen LogP contribution in [-0.2, 0) is 9.31 Å². The van der Waals surface area contributed by atoms with Gasteiger partial charge in [-0.1, -0.05) is 23.7 Å². The van der Waals surface area contributed by atoms with Gasteiger partial charge in [-0.2, -0.15) is 0 Å². The Labute approximate surface area is 159 Å². The van der Waals surface area contributed by atoms with Gasteiger partial charge >= 0.3 is 7.12 Å². The summed E-state index contributed by atoms with van der Waals surface area (Å²) in [7, 11) is -0.412. The molecule has 2 aromatic rings. The second kappa shape index (κ2) is 7.07. The van der Waals surface area contributed by atoms with E-state index in [1.807, 2.05) is 52.0 Å². The summed E-state index contributed by atoms with van der Waals surface area (Å²) < 4.78 is 17.6. The van der Waals surface area contributed by atoms with Crippen LogP contribution in [0.5, 0.6) is 5.75 Å². The van der Waals surface area contributed by atoms with Crippen molar-refractivity contribution in [3.05, 3.63) is 59.1 Å². The molecule has 0 aromatic heterocycles. The highest BCUT2D eigenvalue weighted by atomic mass is 35.5. The lowest BCUT2D eigenvalue weighted by Crippen LogP contribution is -2.41. The van der Waals surface area contributed by atoms with E-state index < -0.39 is 7.12 Å². The van der Waals surface area contributed by atoms with E-state index in [-0.39, 0.29) is 23.6 Å². The van der Waals surface area contributed by atoms with Crippen LogP contribution in [0.4, 0.5) is 0 Å². The number of ketones is 1. The second-order valence-corrected chi connectivity index (χ2v) is 7.81. The third-order valence-electron chi connectivity index (χ3n) is 4.94. The molecule has 3 rings (SSSR count). The second-order valence-electron chi connectivity index (χ2n) is 7.38. The Kier molecular flexibility index (Phi) is 5.15. The average molecular weight is 373 g/mol. The maximum Gasteiger partial charge on any atom is 0.494 e. The van der Waals surface area contributed by atoms with Gasteiger partial charge in [-0.05, 0) is 69.6 Å². The zero-order chi connectivity index (χ0) is 18.9. The first-order valence-electron chi connectivity index (χ1n) is 8.55. The summed E-state index contributed by atoms with van der Waals surface area (Å²) in [5, 5.41) is 0.598. The topological polar surface area (TPSA) is 44.8 Å². The summed E-state index contributed by atoms with van der Waals surface area (Å²) in [6, 6.07) is 14.2. The minimum atomic E-state index is -0.412. The van der Waals surface area contributed by atoms with E-state index in [2.05, 4.69) is 0 Å². The number of Topliss-reactive ketones (excluding diaryl/α,β-unsaturated/α-hetero) is 1. The molecule has 26 heavy (non-hydrogen) atoms. The Balaban J connectivity index is 1.60. The number of benzene rings is 2. The minimum Gasteiger partial charge on any atom is -0.485 e. The average Bonchev–Trinajstić information content (AvgIpc) is 2.81. The lowest BCUT2D eigenvalue weighted by atomic mass is 9.79. The van der Waals surface area contributed by atoms with Crippen LogP contribution in [0.2, 0.25) is 5.02 Å². The number of hydrogen-bond acceptors (Lipinski definition) is 4. The van der Waals surface area contributed by atoms with Crippen molar-refractivity contribution in [2.75, 3.05) is 6.61 Å². The molecule has 1 saturated heterocycles. The first-order valence-corrected chi connectivity index (χ1v) is 8.93. The molecule has 1 aliphatic heterocycles. The fraction of sp³-hybridized carbons (Fsp3) is 0.350. The van der Waals surface area contributed by atoms with Crippen LogP contribution in [0.3, 0.4) is 0 Å². The molecule has 4 nitrogen and oxygen atoms in total. The first kappa shape index (κ1) is 19.0. The smallest absolute Gasteiger partial charge is 0.485 e. The first-order chi connectivity index (χ1) is 12.2. The summed E-state index contributed by atoms with van der Waals surface area (Å²) in [5.74, 6) is 0.518. The van der Waals surface area contributed by atoms with Crippen molar-refractivity contribution in [1.82, 2.24) is 0 Å². The summed E-state index contributed by atoms with van der Waals surface area (Å²) >= 11 is 5.83. The van der Waals surface area contributed by atoms with E-state index in [0.29, 0.717) is 16.3 Å². The highest BCUT2D eigenvalue weighted by Crippen LogP contribution is 2.36. The Morgan fingerprint density at radius 1 is 0.962 bits per heavy atom. The summed E-state index contributed by atoms with van der Waals surface area (Å²) in [6.07, 6.45) is 0. The van der Waals surface area contributed by atoms with Crippen molar-refractivity contribution in [3.8, 4) is 5.75 Å². The maximum atomic E-state index is 12.1. The van der Waals surface area contributed by atoms with E-state index in [0.717, 1.165) is 5.46 Å². The summed E-state index contributed by atoms with van der Waals surface area (Å²) in [4.78, 5) is 12.1. The van der Waals surface area contributed by atoms with Gasteiger partial charge in [0.05, 0.1) is 11.2 Å². The SMILES string of the molecule is CC1(C)OB(c2ccc(OCC(=O)c3ccc(Cl)cc3)cc2)OC1(C)C. The number of carbonyl (C=O) groups is 1. The van der Waals surface area contributed by atoms with Gasteiger partial charge in [0.15, 0.2) is 12.4 Å². The Hall–Kier alpha value is -1.82. The highest BCUT2D eigenvalue weighted by Gasteiger charge is 2.51. The molecule has 0 saturated carbocycles. The Morgan fingerprint density at radius 2 is 1.50 bits per heavy atom. The van der Waals surface area contributed by atoms with Crippen molar-refractivity contribution in [1.29, 1.82) is 0 Å². The van der Waals surface area contributed by atoms with E-state index in [1.54, 1.807) is 24.3 Å². The molecule has 0 aliphatic carbocycles. The van der Waals surface area contributed by atoms with Gasteiger partial charge in [0.1, 0.15) is 5.75 Å². The van der Waals surface area contributed by atoms with Crippen LogP contribution in [-0.4, -0.2) is 30.7 Å². The Bertz CT molecular complexity index is 768. The minimum absolute atomic E-state index is 0.0303. The van der Waals surface area contributed by atoms with Gasteiger partial charge < -0.3 is 14.0 Å². The van der Waals surface area contributed by atoms with Gasteiger partial charge in [-0.25, -0.2) is 0 Å². The number of carbonyl (C=O) groups excluding carboxylic acids is 1. The predicted octanol–water partition coefficient (Wildman–Crippen LogP) is 3.90. The molecule has 0 bridgehead atoms. The lowest BCUT2D eigenvalue weighted by molar-refractivity contribution is 0.00578. The van der Waals surface area contributed by atoms with Crippen LogP contribution in [0.25, 0.3) is 0 Å². The van der Waals surface area contributed by atoms with E-state index in [4.69, 9.17) is 25.6 Å². The largest absolute Gasteiger partial charge is 0.494 e. The monoisotopic (exact) mass is 372 g/mol. The zero-order valence-electron chi connectivity index (χ0n) is 15.4. The quantitative estimate of drug-likeness (QED) is 0.590. The van der Waals surface area contributed by atoms with Gasteiger partial charge in [-0.3, -0.25) is 4.79 Å². The van der Waals surface area contributed by atoms with Crippen LogP contribution in [0, 0.1) is 0 Å². The van der Waals surface area contributed by atoms with Gasteiger partial charge in [0.2, 0.25) is 0 Å². The molecular formula is C20H22BClO4. The van der Waals surface area contributed by atoms with Crippen molar-refractivity contribution in [3.63, 3.8) is 0 Å². The number of rotatable bonds is 5. The normalized spacial score (nSPS) is 18.0. The molecule has 0 amide bonds. The number of halogens is 1. The van der Waals surface area contributed by atoms with Gasteiger partial charge in [0.25, 0.3) is 0 Å². The van der Waals surface area contributed by atoms with Crippen molar-refractivity contribution >= 4 is 30.0 Å². The molecule has 2 aromatic carbocycles. The number of ether oxygens (including phenoxy) is 1. The molecular weight excluding hydrogens is 350 g/mol. The highest BCUT2D eigenvalue weighted by molar-refractivity contribution is 6.62. The maximum absolute atomic E-state index is 12.1. The lowest BCUT2D eigenvalue weighted by Gasteiger charge is -2.32. The van der Waals surface area contributed by atoms with E-state index >= 15 is 0 Å². The molecule has 0 atom stereocenters. The fourth-order valence-corrected chi connectivity index (χ4v) is 2.69. The zero-order valence-corrected chi connectivity index (χ0v) is 16.2. The molecule has 136 valence electrons. The molecule has 0 N–H and O–H groups in total. The molecule has 1 aliphatic rings. The fourth-order valence-electron chi connectivity index (χ4n) is 2.57. The van der Waals surface area contributed by atoms with Gasteiger partial charge in [-0.15, -0.1) is 0 Å². The molecule has 1 heterocycles. The van der Waals surface area contributed by atoms with Crippen molar-refractivity contribution < 1.29 is 18.8 Å². The molecule has 0 unspecified atom stereocenters. The van der Waals surface area contributed by atoms with Crippen molar-refractivity contribution in [2.24, 2.45) is 0 Å². The Morgan fingerprint density at radius 3 is 2.04 bits per heavy atom. The molecule has 0 radical (unpaired) electrons. The van der Waals surface area contributed by atoms with E-state index in [9.17, 15) is 4.79 Å². The predicted molar refractivity (Wildman–Crippen MR) is 103 cm³/mol. The number of hydrogen-bond donors (Lipinski definition) is 0.